The third-order valence-corrected chi connectivity index (χ3v) is 4.32. The minimum atomic E-state index is 1.17. The van der Waals surface area contributed by atoms with Crippen LogP contribution in [0.3, 0.4) is 0 Å². The minimum Gasteiger partial charge on any atom is -0.253 e. The van der Waals surface area contributed by atoms with E-state index in [1.54, 1.807) is 11.1 Å². The second-order valence-electron chi connectivity index (χ2n) is 5.70. The van der Waals surface area contributed by atoms with E-state index in [9.17, 15) is 0 Å². The van der Waals surface area contributed by atoms with Crippen molar-refractivity contribution in [2.75, 3.05) is 0 Å². The number of hydrogen-bond donors (Lipinski definition) is 0. The zero-order valence-electron chi connectivity index (χ0n) is 11.9. The Morgan fingerprint density at radius 3 is 2.63 bits per heavy atom. The monoisotopic (exact) mass is 253 g/mol. The average Bonchev–Trinajstić information content (AvgIpc) is 2.47. The lowest BCUT2D eigenvalue weighted by Gasteiger charge is -2.21. The number of benzene rings is 1. The van der Waals surface area contributed by atoms with E-state index in [-0.39, 0.29) is 0 Å². The summed E-state index contributed by atoms with van der Waals surface area (Å²) in [5.74, 6) is 0. The molecule has 1 heteroatoms. The molecule has 0 amide bonds. The number of nitrogens with zero attached hydrogens (tertiary/aromatic N) is 1. The van der Waals surface area contributed by atoms with Crippen molar-refractivity contribution in [2.24, 2.45) is 0 Å². The summed E-state index contributed by atoms with van der Waals surface area (Å²) in [6.45, 7) is 2.27. The molecule has 0 fully saturated rings. The molecule has 1 aromatic heterocycles. The smallest absolute Gasteiger partial charge is 0.0708 e. The van der Waals surface area contributed by atoms with Crippen LogP contribution < -0.4 is 0 Å². The van der Waals surface area contributed by atoms with Crippen LogP contribution >= 0.6 is 0 Å². The molecule has 0 saturated heterocycles. The molecule has 1 nitrogen and oxygen atoms in total. The van der Waals surface area contributed by atoms with Crippen molar-refractivity contribution in [3.63, 3.8) is 0 Å². The first-order chi connectivity index (χ1) is 9.40. The predicted molar refractivity (Wildman–Crippen MR) is 81.6 cm³/mol. The lowest BCUT2D eigenvalue weighted by molar-refractivity contribution is 0.659. The fraction of sp³-hybridized carbons (Fsp3) is 0.500. The number of rotatable bonds is 4. The van der Waals surface area contributed by atoms with Gasteiger partial charge in [-0.15, -0.1) is 0 Å². The van der Waals surface area contributed by atoms with Gasteiger partial charge in [-0.25, -0.2) is 0 Å². The Morgan fingerprint density at radius 1 is 1.00 bits per heavy atom. The first kappa shape index (κ1) is 12.7. The van der Waals surface area contributed by atoms with Crippen LogP contribution in [-0.4, -0.2) is 4.98 Å². The molecule has 0 N–H and O–H groups in total. The highest BCUT2D eigenvalue weighted by Crippen LogP contribution is 2.30. The van der Waals surface area contributed by atoms with E-state index < -0.39 is 0 Å². The quantitative estimate of drug-likeness (QED) is 0.710. The number of fused-ring (bicyclic) bond motifs is 3. The van der Waals surface area contributed by atoms with E-state index in [0.29, 0.717) is 0 Å². The molecule has 100 valence electrons. The van der Waals surface area contributed by atoms with Crippen molar-refractivity contribution in [2.45, 2.75) is 58.3 Å². The predicted octanol–water partition coefficient (Wildman–Crippen LogP) is 4.85. The number of unbranched alkanes of at least 4 members (excludes halogenated alkanes) is 2. The Kier molecular flexibility index (Phi) is 3.82. The van der Waals surface area contributed by atoms with Crippen molar-refractivity contribution in [1.29, 1.82) is 0 Å². The van der Waals surface area contributed by atoms with Crippen LogP contribution in [0.5, 0.6) is 0 Å². The van der Waals surface area contributed by atoms with E-state index in [0.717, 1.165) is 0 Å². The molecule has 1 aliphatic carbocycles. The molecule has 1 aromatic carbocycles. The van der Waals surface area contributed by atoms with Gasteiger partial charge in [0.2, 0.25) is 0 Å². The summed E-state index contributed by atoms with van der Waals surface area (Å²) in [6.07, 6.45) is 10.2. The zero-order valence-corrected chi connectivity index (χ0v) is 11.9. The molecule has 0 atom stereocenters. The minimum absolute atomic E-state index is 1.17. The Morgan fingerprint density at radius 2 is 1.79 bits per heavy atom. The van der Waals surface area contributed by atoms with Crippen LogP contribution in [0.4, 0.5) is 0 Å². The Balaban J connectivity index is 2.05. The third kappa shape index (κ3) is 2.51. The summed E-state index contributed by atoms with van der Waals surface area (Å²) in [5, 5.41) is 1.40. The molecule has 3 rings (SSSR count). The maximum atomic E-state index is 4.96. The molecule has 0 radical (unpaired) electrons. The van der Waals surface area contributed by atoms with Crippen molar-refractivity contribution >= 4 is 10.9 Å². The van der Waals surface area contributed by atoms with Crippen molar-refractivity contribution in [3.05, 3.63) is 41.1 Å². The molecule has 0 aliphatic heterocycles. The summed E-state index contributed by atoms with van der Waals surface area (Å²) >= 11 is 0. The Hall–Kier alpha value is -1.37. The van der Waals surface area contributed by atoms with Crippen LogP contribution in [0.15, 0.2) is 24.3 Å². The van der Waals surface area contributed by atoms with Gasteiger partial charge in [0.25, 0.3) is 0 Å². The van der Waals surface area contributed by atoms with Gasteiger partial charge in [-0.2, -0.15) is 0 Å². The van der Waals surface area contributed by atoms with Gasteiger partial charge in [0.1, 0.15) is 0 Å². The number of hydrogen-bond acceptors (Lipinski definition) is 1. The number of para-hydroxylation sites is 1. The molecule has 1 aliphatic rings. The summed E-state index contributed by atoms with van der Waals surface area (Å²) in [4.78, 5) is 4.96. The highest BCUT2D eigenvalue weighted by atomic mass is 14.7. The zero-order chi connectivity index (χ0) is 13.1. The van der Waals surface area contributed by atoms with Gasteiger partial charge in [0, 0.05) is 11.1 Å². The Bertz CT molecular complexity index is 571. The van der Waals surface area contributed by atoms with Crippen LogP contribution in [0.2, 0.25) is 0 Å². The van der Waals surface area contributed by atoms with Gasteiger partial charge < -0.3 is 0 Å². The van der Waals surface area contributed by atoms with Crippen molar-refractivity contribution < 1.29 is 0 Å². The van der Waals surface area contributed by atoms with Crippen molar-refractivity contribution in [3.8, 4) is 0 Å². The number of aromatic nitrogens is 1. The Labute approximate surface area is 116 Å². The van der Waals surface area contributed by atoms with E-state index in [1.807, 2.05) is 0 Å². The standard InChI is InChI=1S/C18H23N/c1-2-3-4-12-17-15-10-6-5-9-14(15)16-11-7-8-13-18(16)19-17/h7-8,11,13H,2-6,9-10,12H2,1H3. The largest absolute Gasteiger partial charge is 0.253 e. The second kappa shape index (κ2) is 5.73. The normalized spacial score (nSPS) is 14.6. The maximum Gasteiger partial charge on any atom is 0.0708 e. The lowest BCUT2D eigenvalue weighted by atomic mass is 9.87. The second-order valence-corrected chi connectivity index (χ2v) is 5.70. The van der Waals surface area contributed by atoms with Crippen molar-refractivity contribution in [1.82, 2.24) is 4.98 Å². The van der Waals surface area contributed by atoms with E-state index in [2.05, 4.69) is 31.2 Å². The molecule has 0 unspecified atom stereocenters. The van der Waals surface area contributed by atoms with E-state index >= 15 is 0 Å². The molecular formula is C18H23N. The number of aryl methyl sites for hydroxylation is 2. The van der Waals surface area contributed by atoms with E-state index in [4.69, 9.17) is 4.98 Å². The highest BCUT2D eigenvalue weighted by Gasteiger charge is 2.17. The van der Waals surface area contributed by atoms with Gasteiger partial charge in [0.15, 0.2) is 0 Å². The lowest BCUT2D eigenvalue weighted by Crippen LogP contribution is -2.09. The molecule has 0 bridgehead atoms. The summed E-state index contributed by atoms with van der Waals surface area (Å²) in [6, 6.07) is 8.69. The maximum absolute atomic E-state index is 4.96. The molecule has 0 saturated carbocycles. The SMILES string of the molecule is CCCCCc1nc2ccccc2c2c1CCCC2. The molecular weight excluding hydrogens is 230 g/mol. The van der Waals surface area contributed by atoms with Crippen LogP contribution in [0, 0.1) is 0 Å². The summed E-state index contributed by atoms with van der Waals surface area (Å²) in [7, 11) is 0. The summed E-state index contributed by atoms with van der Waals surface area (Å²) in [5.41, 5.74) is 5.78. The van der Waals surface area contributed by atoms with E-state index in [1.165, 1.54) is 68.0 Å². The van der Waals surface area contributed by atoms with Gasteiger partial charge >= 0.3 is 0 Å². The molecule has 19 heavy (non-hydrogen) atoms. The van der Waals surface area contributed by atoms with Gasteiger partial charge in [-0.3, -0.25) is 4.98 Å². The third-order valence-electron chi connectivity index (χ3n) is 4.32. The van der Waals surface area contributed by atoms with Gasteiger partial charge in [0.05, 0.1) is 5.52 Å². The molecule has 0 spiro atoms. The fourth-order valence-corrected chi connectivity index (χ4v) is 3.31. The van der Waals surface area contributed by atoms with Crippen LogP contribution in [0.1, 0.15) is 55.8 Å². The first-order valence-corrected chi connectivity index (χ1v) is 7.79. The molecule has 1 heterocycles. The van der Waals surface area contributed by atoms with Gasteiger partial charge in [-0.05, 0) is 55.7 Å². The van der Waals surface area contributed by atoms with Crippen LogP contribution in [-0.2, 0) is 19.3 Å². The fourth-order valence-electron chi connectivity index (χ4n) is 3.31. The highest BCUT2D eigenvalue weighted by molar-refractivity contribution is 5.84. The average molecular weight is 253 g/mol. The van der Waals surface area contributed by atoms with Crippen LogP contribution in [0.25, 0.3) is 10.9 Å². The first-order valence-electron chi connectivity index (χ1n) is 7.79. The topological polar surface area (TPSA) is 12.9 Å². The summed E-state index contributed by atoms with van der Waals surface area (Å²) < 4.78 is 0. The molecule has 2 aromatic rings. The van der Waals surface area contributed by atoms with Gasteiger partial charge in [-0.1, -0.05) is 38.0 Å². The number of pyridine rings is 1.